The average molecular weight is 465 g/mol. The number of anilines is 1. The molecule has 1 aliphatic carbocycles. The SMILES string of the molecule is COc1cccc(N2C(=O)NC(=NC3CCCCC3)C23CCN(C(=O)c2ccccc2F)C3)c1. The predicted octanol–water partition coefficient (Wildman–Crippen LogP) is 4.38. The van der Waals surface area contributed by atoms with Gasteiger partial charge in [-0.3, -0.25) is 20.0 Å². The minimum absolute atomic E-state index is 0.0375. The molecule has 3 aliphatic rings. The summed E-state index contributed by atoms with van der Waals surface area (Å²) < 4.78 is 19.8. The van der Waals surface area contributed by atoms with E-state index in [0.717, 1.165) is 25.7 Å². The number of ether oxygens (including phenoxy) is 1. The molecule has 5 rings (SSSR count). The Balaban J connectivity index is 1.53. The summed E-state index contributed by atoms with van der Waals surface area (Å²) in [5.41, 5.74) is -0.122. The molecule has 8 heteroatoms. The predicted molar refractivity (Wildman–Crippen MR) is 128 cm³/mol. The lowest BCUT2D eigenvalue weighted by Gasteiger charge is -2.34. The topological polar surface area (TPSA) is 74.2 Å². The Kier molecular flexibility index (Phi) is 5.98. The fourth-order valence-electron chi connectivity index (χ4n) is 5.38. The van der Waals surface area contributed by atoms with Gasteiger partial charge in [0.25, 0.3) is 5.91 Å². The van der Waals surface area contributed by atoms with Crippen LogP contribution in [0.2, 0.25) is 0 Å². The number of amides is 3. The van der Waals surface area contributed by atoms with E-state index >= 15 is 0 Å². The molecule has 2 aromatic rings. The van der Waals surface area contributed by atoms with Crippen molar-refractivity contribution in [2.24, 2.45) is 4.99 Å². The number of halogens is 1. The zero-order chi connectivity index (χ0) is 23.7. The van der Waals surface area contributed by atoms with E-state index in [1.54, 1.807) is 29.0 Å². The van der Waals surface area contributed by atoms with Gasteiger partial charge in [-0.15, -0.1) is 0 Å². The Bertz CT molecular complexity index is 1130. The molecule has 2 saturated heterocycles. The molecule has 178 valence electrons. The lowest BCUT2D eigenvalue weighted by molar-refractivity contribution is 0.0783. The molecule has 3 amide bonds. The van der Waals surface area contributed by atoms with Crippen LogP contribution in [0.5, 0.6) is 5.75 Å². The highest BCUT2D eigenvalue weighted by Gasteiger charge is 2.56. The number of nitrogens with one attached hydrogen (secondary N) is 1. The highest BCUT2D eigenvalue weighted by molar-refractivity contribution is 6.19. The Morgan fingerprint density at radius 2 is 1.94 bits per heavy atom. The number of hydrogen-bond acceptors (Lipinski definition) is 4. The van der Waals surface area contributed by atoms with Gasteiger partial charge < -0.3 is 9.64 Å². The third-order valence-electron chi connectivity index (χ3n) is 7.13. The molecule has 0 aromatic heterocycles. The first kappa shape index (κ1) is 22.4. The van der Waals surface area contributed by atoms with E-state index in [2.05, 4.69) is 5.32 Å². The maximum Gasteiger partial charge on any atom is 0.328 e. The molecule has 7 nitrogen and oxygen atoms in total. The molecule has 2 aliphatic heterocycles. The van der Waals surface area contributed by atoms with E-state index in [1.165, 1.54) is 18.6 Å². The van der Waals surface area contributed by atoms with Crippen LogP contribution in [0.15, 0.2) is 53.5 Å². The Hall–Kier alpha value is -3.42. The summed E-state index contributed by atoms with van der Waals surface area (Å²) in [7, 11) is 1.58. The molecule has 34 heavy (non-hydrogen) atoms. The normalized spacial score (nSPS) is 24.2. The van der Waals surface area contributed by atoms with Crippen LogP contribution in [0.25, 0.3) is 0 Å². The third kappa shape index (κ3) is 3.91. The number of carbonyl (C=O) groups is 2. The number of nitrogens with zero attached hydrogens (tertiary/aromatic N) is 3. The van der Waals surface area contributed by atoms with Crippen LogP contribution in [0, 0.1) is 5.82 Å². The first-order valence-electron chi connectivity index (χ1n) is 11.9. The van der Waals surface area contributed by atoms with E-state index in [9.17, 15) is 14.0 Å². The van der Waals surface area contributed by atoms with Crippen molar-refractivity contribution < 1.29 is 18.7 Å². The van der Waals surface area contributed by atoms with Gasteiger partial charge in [-0.05, 0) is 43.5 Å². The number of methoxy groups -OCH3 is 1. The number of aliphatic imine (C=N–C) groups is 1. The minimum Gasteiger partial charge on any atom is -0.497 e. The molecule has 0 radical (unpaired) electrons. The number of amidine groups is 1. The van der Waals surface area contributed by atoms with Crippen molar-refractivity contribution in [2.75, 3.05) is 25.1 Å². The summed E-state index contributed by atoms with van der Waals surface area (Å²) >= 11 is 0. The van der Waals surface area contributed by atoms with E-state index in [-0.39, 0.29) is 30.1 Å². The van der Waals surface area contributed by atoms with Gasteiger partial charge in [0.1, 0.15) is 22.9 Å². The standard InChI is InChI=1S/C26H29FN4O3/c1-34-20-11-7-10-19(16-20)31-25(33)29-24(28-18-8-3-2-4-9-18)26(31)14-15-30(17-26)23(32)21-12-5-6-13-22(21)27/h5-7,10-13,16,18H,2-4,8-9,14-15,17H2,1H3,(H,28,29,33). The third-order valence-corrected chi connectivity index (χ3v) is 7.13. The van der Waals surface area contributed by atoms with Crippen molar-refractivity contribution in [1.82, 2.24) is 10.2 Å². The molecule has 1 N–H and O–H groups in total. The summed E-state index contributed by atoms with van der Waals surface area (Å²) in [6, 6.07) is 13.2. The highest BCUT2D eigenvalue weighted by atomic mass is 19.1. The van der Waals surface area contributed by atoms with E-state index in [1.807, 2.05) is 24.3 Å². The van der Waals surface area contributed by atoms with Crippen LogP contribution in [0.3, 0.4) is 0 Å². The van der Waals surface area contributed by atoms with Crippen LogP contribution >= 0.6 is 0 Å². The summed E-state index contributed by atoms with van der Waals surface area (Å²) in [6.07, 6.45) is 5.95. The largest absolute Gasteiger partial charge is 0.497 e. The number of likely N-dealkylation sites (tertiary alicyclic amines) is 1. The maximum atomic E-state index is 14.4. The number of hydrogen-bond donors (Lipinski definition) is 1. The first-order chi connectivity index (χ1) is 16.5. The van der Waals surface area contributed by atoms with Crippen molar-refractivity contribution in [3.8, 4) is 5.75 Å². The monoisotopic (exact) mass is 464 g/mol. The molecule has 1 atom stereocenters. The smallest absolute Gasteiger partial charge is 0.328 e. The molecule has 3 fully saturated rings. The molecular weight excluding hydrogens is 435 g/mol. The summed E-state index contributed by atoms with van der Waals surface area (Å²) in [5, 5.41) is 3.01. The molecule has 1 spiro atoms. The molecular formula is C26H29FN4O3. The Morgan fingerprint density at radius 3 is 2.71 bits per heavy atom. The van der Waals surface area contributed by atoms with Gasteiger partial charge >= 0.3 is 6.03 Å². The van der Waals surface area contributed by atoms with Gasteiger partial charge in [0.2, 0.25) is 0 Å². The molecule has 1 unspecified atom stereocenters. The van der Waals surface area contributed by atoms with Crippen LogP contribution in [0.4, 0.5) is 14.9 Å². The second-order valence-corrected chi connectivity index (χ2v) is 9.22. The molecule has 2 aromatic carbocycles. The van der Waals surface area contributed by atoms with E-state index in [0.29, 0.717) is 30.2 Å². The van der Waals surface area contributed by atoms with Crippen LogP contribution < -0.4 is 15.0 Å². The second kappa shape index (κ2) is 9.08. The van der Waals surface area contributed by atoms with Gasteiger partial charge in [-0.25, -0.2) is 9.18 Å². The first-order valence-corrected chi connectivity index (χ1v) is 11.9. The fraction of sp³-hybridized carbons (Fsp3) is 0.423. The van der Waals surface area contributed by atoms with Gasteiger partial charge in [-0.1, -0.05) is 37.5 Å². The van der Waals surface area contributed by atoms with E-state index < -0.39 is 11.4 Å². The Labute approximate surface area is 198 Å². The molecule has 1 saturated carbocycles. The fourth-order valence-corrected chi connectivity index (χ4v) is 5.38. The van der Waals surface area contributed by atoms with Gasteiger partial charge in [-0.2, -0.15) is 0 Å². The van der Waals surface area contributed by atoms with E-state index in [4.69, 9.17) is 9.73 Å². The molecule has 2 heterocycles. The van der Waals surface area contributed by atoms with Crippen molar-refractivity contribution in [1.29, 1.82) is 0 Å². The zero-order valence-electron chi connectivity index (χ0n) is 19.3. The van der Waals surface area contributed by atoms with Gasteiger partial charge in [0.05, 0.1) is 30.9 Å². The Morgan fingerprint density at radius 1 is 1.15 bits per heavy atom. The summed E-state index contributed by atoms with van der Waals surface area (Å²) in [6.45, 7) is 0.633. The lowest BCUT2D eigenvalue weighted by Crippen LogP contribution is -2.53. The van der Waals surface area contributed by atoms with Crippen LogP contribution in [-0.2, 0) is 0 Å². The van der Waals surface area contributed by atoms with Crippen molar-refractivity contribution in [3.63, 3.8) is 0 Å². The quantitative estimate of drug-likeness (QED) is 0.730. The van der Waals surface area contributed by atoms with Crippen molar-refractivity contribution in [2.45, 2.75) is 50.1 Å². The number of rotatable bonds is 4. The van der Waals surface area contributed by atoms with Crippen LogP contribution in [-0.4, -0.2) is 54.5 Å². The van der Waals surface area contributed by atoms with Gasteiger partial charge in [0, 0.05) is 12.6 Å². The average Bonchev–Trinajstić information content (AvgIpc) is 3.41. The summed E-state index contributed by atoms with van der Waals surface area (Å²) in [4.78, 5) is 34.9. The number of carbonyl (C=O) groups excluding carboxylic acids is 2. The van der Waals surface area contributed by atoms with Crippen molar-refractivity contribution >= 4 is 23.5 Å². The highest BCUT2D eigenvalue weighted by Crippen LogP contribution is 2.39. The minimum atomic E-state index is -0.832. The lowest BCUT2D eigenvalue weighted by atomic mass is 9.93. The number of benzene rings is 2. The van der Waals surface area contributed by atoms with Crippen molar-refractivity contribution in [3.05, 3.63) is 59.9 Å². The molecule has 0 bridgehead atoms. The number of urea groups is 1. The van der Waals surface area contributed by atoms with Gasteiger partial charge in [0.15, 0.2) is 0 Å². The van der Waals surface area contributed by atoms with Crippen LogP contribution in [0.1, 0.15) is 48.9 Å². The zero-order valence-corrected chi connectivity index (χ0v) is 19.3. The second-order valence-electron chi connectivity index (χ2n) is 9.22. The summed E-state index contributed by atoms with van der Waals surface area (Å²) in [5.74, 6) is 0.318. The maximum absolute atomic E-state index is 14.4.